The number of nitrogens with zero attached hydrogens (tertiary/aromatic N) is 1. The summed E-state index contributed by atoms with van der Waals surface area (Å²) in [6, 6.07) is 15.8. The first-order chi connectivity index (χ1) is 14.2. The highest BCUT2D eigenvalue weighted by molar-refractivity contribution is 6.05. The van der Waals surface area contributed by atoms with Crippen LogP contribution in [0.5, 0.6) is 11.5 Å². The zero-order valence-electron chi connectivity index (χ0n) is 15.6. The molecule has 1 aliphatic heterocycles. The SMILES string of the molecule is O=C(CCc1cccnc1)Nc1cccc(NC(=O)c2ccc3c(c2)OCO3)c1. The van der Waals surface area contributed by atoms with E-state index in [9.17, 15) is 9.59 Å². The van der Waals surface area contributed by atoms with Gasteiger partial charge in [0.15, 0.2) is 11.5 Å². The normalized spacial score (nSPS) is 11.7. The minimum absolute atomic E-state index is 0.104. The summed E-state index contributed by atoms with van der Waals surface area (Å²) in [4.78, 5) is 28.8. The Labute approximate surface area is 167 Å². The van der Waals surface area contributed by atoms with E-state index in [2.05, 4.69) is 15.6 Å². The van der Waals surface area contributed by atoms with Crippen LogP contribution in [-0.4, -0.2) is 23.6 Å². The summed E-state index contributed by atoms with van der Waals surface area (Å²) in [7, 11) is 0. The van der Waals surface area contributed by atoms with E-state index in [1.54, 1.807) is 54.9 Å². The Bertz CT molecular complexity index is 1040. The molecule has 2 aromatic carbocycles. The molecule has 1 aromatic heterocycles. The van der Waals surface area contributed by atoms with Gasteiger partial charge in [0.25, 0.3) is 5.91 Å². The predicted octanol–water partition coefficient (Wildman–Crippen LogP) is 3.63. The largest absolute Gasteiger partial charge is 0.454 e. The third-order valence-electron chi connectivity index (χ3n) is 4.40. The van der Waals surface area contributed by atoms with Gasteiger partial charge in [0.2, 0.25) is 12.7 Å². The molecule has 0 saturated heterocycles. The van der Waals surface area contributed by atoms with Crippen LogP contribution in [0.25, 0.3) is 0 Å². The van der Waals surface area contributed by atoms with Crippen molar-refractivity contribution in [2.45, 2.75) is 12.8 Å². The van der Waals surface area contributed by atoms with Crippen LogP contribution in [-0.2, 0) is 11.2 Å². The third kappa shape index (κ3) is 4.70. The van der Waals surface area contributed by atoms with Crippen molar-refractivity contribution in [2.75, 3.05) is 17.4 Å². The zero-order valence-corrected chi connectivity index (χ0v) is 15.6. The van der Waals surface area contributed by atoms with Crippen LogP contribution in [0.2, 0.25) is 0 Å². The predicted molar refractivity (Wildman–Crippen MR) is 108 cm³/mol. The number of carbonyl (C=O) groups excluding carboxylic acids is 2. The van der Waals surface area contributed by atoms with Crippen molar-refractivity contribution in [3.8, 4) is 11.5 Å². The highest BCUT2D eigenvalue weighted by Crippen LogP contribution is 2.32. The summed E-state index contributed by atoms with van der Waals surface area (Å²) in [5.41, 5.74) is 2.66. The van der Waals surface area contributed by atoms with Crippen LogP contribution in [0.4, 0.5) is 11.4 Å². The highest BCUT2D eigenvalue weighted by atomic mass is 16.7. The lowest BCUT2D eigenvalue weighted by Crippen LogP contribution is -2.14. The molecule has 146 valence electrons. The molecule has 0 bridgehead atoms. The van der Waals surface area contributed by atoms with Crippen molar-refractivity contribution < 1.29 is 19.1 Å². The Hall–Kier alpha value is -3.87. The molecule has 7 nitrogen and oxygen atoms in total. The van der Waals surface area contributed by atoms with Gasteiger partial charge < -0.3 is 20.1 Å². The lowest BCUT2D eigenvalue weighted by atomic mass is 10.1. The number of nitrogens with one attached hydrogen (secondary N) is 2. The number of rotatable bonds is 6. The van der Waals surface area contributed by atoms with Gasteiger partial charge in [0, 0.05) is 35.8 Å². The molecule has 4 rings (SSSR count). The lowest BCUT2D eigenvalue weighted by Gasteiger charge is -2.09. The van der Waals surface area contributed by atoms with Crippen LogP contribution in [0.15, 0.2) is 67.0 Å². The minimum atomic E-state index is -0.275. The van der Waals surface area contributed by atoms with Crippen LogP contribution in [0.3, 0.4) is 0 Å². The average molecular weight is 389 g/mol. The monoisotopic (exact) mass is 389 g/mol. The van der Waals surface area contributed by atoms with Crippen LogP contribution < -0.4 is 20.1 Å². The second kappa shape index (κ2) is 8.43. The quantitative estimate of drug-likeness (QED) is 0.672. The average Bonchev–Trinajstić information content (AvgIpc) is 3.21. The fourth-order valence-electron chi connectivity index (χ4n) is 2.94. The van der Waals surface area contributed by atoms with Crippen molar-refractivity contribution in [3.63, 3.8) is 0 Å². The van der Waals surface area contributed by atoms with E-state index in [0.717, 1.165) is 5.56 Å². The number of fused-ring (bicyclic) bond motifs is 1. The van der Waals surface area contributed by atoms with E-state index < -0.39 is 0 Å². The molecular weight excluding hydrogens is 370 g/mol. The molecule has 0 radical (unpaired) electrons. The number of carbonyl (C=O) groups is 2. The third-order valence-corrected chi connectivity index (χ3v) is 4.40. The fraction of sp³-hybridized carbons (Fsp3) is 0.136. The van der Waals surface area contributed by atoms with Gasteiger partial charge in [-0.25, -0.2) is 0 Å². The maximum absolute atomic E-state index is 12.5. The Kier molecular flexibility index (Phi) is 5.38. The van der Waals surface area contributed by atoms with E-state index in [-0.39, 0.29) is 18.6 Å². The molecule has 0 unspecified atom stereocenters. The van der Waals surface area contributed by atoms with Gasteiger partial charge in [-0.1, -0.05) is 12.1 Å². The van der Waals surface area contributed by atoms with Crippen molar-refractivity contribution in [3.05, 3.63) is 78.1 Å². The summed E-state index contributed by atoms with van der Waals surface area (Å²) in [6.07, 6.45) is 4.41. The van der Waals surface area contributed by atoms with Crippen molar-refractivity contribution in [2.24, 2.45) is 0 Å². The molecule has 2 N–H and O–H groups in total. The number of aryl methyl sites for hydroxylation is 1. The zero-order chi connectivity index (χ0) is 20.1. The molecule has 3 aromatic rings. The number of aromatic nitrogens is 1. The van der Waals surface area contributed by atoms with Crippen molar-refractivity contribution in [1.82, 2.24) is 4.98 Å². The van der Waals surface area contributed by atoms with Crippen LogP contribution in [0, 0.1) is 0 Å². The summed E-state index contributed by atoms with van der Waals surface area (Å²) < 4.78 is 10.6. The van der Waals surface area contributed by atoms with Crippen LogP contribution in [0.1, 0.15) is 22.3 Å². The van der Waals surface area contributed by atoms with Crippen molar-refractivity contribution >= 4 is 23.2 Å². The van der Waals surface area contributed by atoms with Gasteiger partial charge >= 0.3 is 0 Å². The second-order valence-corrected chi connectivity index (χ2v) is 6.51. The Morgan fingerprint density at radius 3 is 2.59 bits per heavy atom. The standard InChI is InChI=1S/C22H19N3O4/c26-21(9-6-15-3-2-10-23-13-15)24-17-4-1-5-18(12-17)25-22(27)16-7-8-19-20(11-16)29-14-28-19/h1-5,7-8,10-13H,6,9,14H2,(H,24,26)(H,25,27). The number of hydrogen-bond acceptors (Lipinski definition) is 5. The number of amides is 2. The topological polar surface area (TPSA) is 89.6 Å². The van der Waals surface area contributed by atoms with E-state index in [1.807, 2.05) is 12.1 Å². The van der Waals surface area contributed by atoms with Gasteiger partial charge in [-0.15, -0.1) is 0 Å². The molecule has 1 aliphatic rings. The highest BCUT2D eigenvalue weighted by Gasteiger charge is 2.16. The Morgan fingerprint density at radius 2 is 1.76 bits per heavy atom. The first-order valence-electron chi connectivity index (χ1n) is 9.17. The first-order valence-corrected chi connectivity index (χ1v) is 9.17. The summed E-state index contributed by atoms with van der Waals surface area (Å²) in [6.45, 7) is 0.156. The number of pyridine rings is 1. The Balaban J connectivity index is 1.35. The maximum Gasteiger partial charge on any atom is 0.255 e. The minimum Gasteiger partial charge on any atom is -0.454 e. The van der Waals surface area contributed by atoms with Gasteiger partial charge in [-0.05, 0) is 54.4 Å². The van der Waals surface area contributed by atoms with Gasteiger partial charge in [-0.3, -0.25) is 14.6 Å². The molecule has 2 heterocycles. The Morgan fingerprint density at radius 1 is 0.931 bits per heavy atom. The van der Waals surface area contributed by atoms with E-state index in [1.165, 1.54) is 0 Å². The van der Waals surface area contributed by atoms with Crippen LogP contribution >= 0.6 is 0 Å². The summed E-state index contributed by atoms with van der Waals surface area (Å²) in [5.74, 6) is 0.793. The first kappa shape index (κ1) is 18.5. The van der Waals surface area contributed by atoms with E-state index >= 15 is 0 Å². The molecule has 2 amide bonds. The van der Waals surface area contributed by atoms with Gasteiger partial charge in [-0.2, -0.15) is 0 Å². The number of hydrogen-bond donors (Lipinski definition) is 2. The summed E-state index contributed by atoms with van der Waals surface area (Å²) in [5, 5.41) is 5.68. The molecule has 0 atom stereocenters. The van der Waals surface area contributed by atoms with E-state index in [4.69, 9.17) is 9.47 Å². The number of anilines is 2. The number of benzene rings is 2. The van der Waals surface area contributed by atoms with E-state index in [0.29, 0.717) is 41.3 Å². The molecule has 0 saturated carbocycles. The molecule has 0 spiro atoms. The molecule has 0 fully saturated rings. The maximum atomic E-state index is 12.5. The number of ether oxygens (including phenoxy) is 2. The molecule has 0 aliphatic carbocycles. The second-order valence-electron chi connectivity index (χ2n) is 6.51. The van der Waals surface area contributed by atoms with Gasteiger partial charge in [0.1, 0.15) is 0 Å². The molecule has 7 heteroatoms. The van der Waals surface area contributed by atoms with Crippen molar-refractivity contribution in [1.29, 1.82) is 0 Å². The smallest absolute Gasteiger partial charge is 0.255 e. The lowest BCUT2D eigenvalue weighted by molar-refractivity contribution is -0.116. The fourth-order valence-corrected chi connectivity index (χ4v) is 2.94. The summed E-state index contributed by atoms with van der Waals surface area (Å²) >= 11 is 0. The molecule has 29 heavy (non-hydrogen) atoms. The van der Waals surface area contributed by atoms with Gasteiger partial charge in [0.05, 0.1) is 0 Å². The molecular formula is C22H19N3O4.